The summed E-state index contributed by atoms with van der Waals surface area (Å²) in [6, 6.07) is 11.4. The standard InChI is InChI=1S/C39H51NO14/c1-7-22-9-8-10-23(15-22)13-14-51-36-31(41)25(17-29(50-6)33(36)43)38(48)52-19-30-32(42)34(44)35(45)39(54-30)53-28-18-26(40-21(4)12-11-20(2)3)24(37(46)47)16-27(28)49-5/h8-10,15-18,20-21,30,32,34-35,39-45H,7,11-14,19H2,1-6H3,(H,46,47)/t21-,30+,32-,34+,35-,39-/m1/s1. The molecule has 0 saturated carbocycles. The minimum absolute atomic E-state index is 0.0172. The van der Waals surface area contributed by atoms with Gasteiger partial charge in [-0.15, -0.1) is 0 Å². The summed E-state index contributed by atoms with van der Waals surface area (Å²) in [7, 11) is 2.54. The average Bonchev–Trinajstić information content (AvgIpc) is 3.15. The van der Waals surface area contributed by atoms with Crippen molar-refractivity contribution in [1.29, 1.82) is 0 Å². The molecule has 1 saturated heterocycles. The van der Waals surface area contributed by atoms with E-state index < -0.39 is 72.1 Å². The molecule has 1 heterocycles. The number of aromatic carboxylic acids is 1. The number of phenols is 2. The highest BCUT2D eigenvalue weighted by Crippen LogP contribution is 2.46. The van der Waals surface area contributed by atoms with Gasteiger partial charge in [0.1, 0.15) is 36.6 Å². The van der Waals surface area contributed by atoms with Gasteiger partial charge in [-0.25, -0.2) is 9.59 Å². The Morgan fingerprint density at radius 2 is 1.54 bits per heavy atom. The maximum Gasteiger partial charge on any atom is 0.342 e. The van der Waals surface area contributed by atoms with Crippen molar-refractivity contribution in [1.82, 2.24) is 0 Å². The Hall–Kier alpha value is -4.96. The summed E-state index contributed by atoms with van der Waals surface area (Å²) in [4.78, 5) is 25.4. The van der Waals surface area contributed by atoms with Crippen molar-refractivity contribution >= 4 is 17.6 Å². The number of ether oxygens (including phenoxy) is 6. The molecule has 3 aromatic rings. The van der Waals surface area contributed by atoms with Crippen LogP contribution in [0.3, 0.4) is 0 Å². The van der Waals surface area contributed by atoms with Crippen LogP contribution in [0.15, 0.2) is 42.5 Å². The molecule has 6 atom stereocenters. The molecular formula is C39H51NO14. The van der Waals surface area contributed by atoms with Crippen molar-refractivity contribution in [2.45, 2.75) is 90.1 Å². The minimum atomic E-state index is -1.83. The molecule has 15 heteroatoms. The first-order chi connectivity index (χ1) is 25.7. The first-order valence-corrected chi connectivity index (χ1v) is 17.8. The van der Waals surface area contributed by atoms with Gasteiger partial charge in [-0.1, -0.05) is 45.0 Å². The molecule has 7 N–H and O–H groups in total. The molecular weight excluding hydrogens is 706 g/mol. The molecule has 0 aliphatic carbocycles. The summed E-state index contributed by atoms with van der Waals surface area (Å²) in [6.45, 7) is 7.46. The number of aliphatic hydroxyl groups is 3. The summed E-state index contributed by atoms with van der Waals surface area (Å²) in [5, 5.41) is 67.0. The van der Waals surface area contributed by atoms with E-state index in [-0.39, 0.29) is 41.1 Å². The predicted molar refractivity (Wildman–Crippen MR) is 196 cm³/mol. The molecule has 0 unspecified atom stereocenters. The Morgan fingerprint density at radius 3 is 2.19 bits per heavy atom. The Bertz CT molecular complexity index is 1750. The number of carbonyl (C=O) groups is 2. The molecule has 4 rings (SSSR count). The third-order valence-corrected chi connectivity index (χ3v) is 9.07. The first-order valence-electron chi connectivity index (χ1n) is 17.8. The first kappa shape index (κ1) is 41.8. The van der Waals surface area contributed by atoms with Gasteiger partial charge in [0.05, 0.1) is 32.1 Å². The van der Waals surface area contributed by atoms with E-state index in [1.54, 1.807) is 0 Å². The lowest BCUT2D eigenvalue weighted by Gasteiger charge is -2.40. The second-order valence-corrected chi connectivity index (χ2v) is 13.5. The fourth-order valence-corrected chi connectivity index (χ4v) is 5.88. The van der Waals surface area contributed by atoms with Crippen LogP contribution in [0.1, 0.15) is 72.4 Å². The molecule has 54 heavy (non-hydrogen) atoms. The number of carboxylic acid groups (broad SMARTS) is 1. The van der Waals surface area contributed by atoms with Crippen molar-refractivity contribution < 1.29 is 68.6 Å². The highest BCUT2D eigenvalue weighted by atomic mass is 16.7. The van der Waals surface area contributed by atoms with Crippen LogP contribution in [0.25, 0.3) is 0 Å². The normalized spacial score (nSPS) is 20.2. The van der Waals surface area contributed by atoms with Crippen molar-refractivity contribution in [2.24, 2.45) is 5.92 Å². The van der Waals surface area contributed by atoms with Crippen molar-refractivity contribution in [2.75, 3.05) is 32.8 Å². The SMILES string of the molecule is CCc1cccc(CCOc2c(O)c(OC)cc(C(=O)OC[C@@H]3O[C@@H](Oc4cc(N[C@H](C)CCC(C)C)c(C(=O)O)cc4OC)[C@H](O)[C@@H](O)[C@@H]3O)c2O)c1. The van der Waals surface area contributed by atoms with Gasteiger partial charge in [-0.05, 0) is 43.2 Å². The van der Waals surface area contributed by atoms with E-state index in [9.17, 15) is 40.2 Å². The number of phenolic OH excluding ortho intramolecular Hbond substituents is 2. The summed E-state index contributed by atoms with van der Waals surface area (Å²) < 4.78 is 33.3. The quantitative estimate of drug-likeness (QED) is 0.0900. The van der Waals surface area contributed by atoms with E-state index in [0.717, 1.165) is 36.5 Å². The number of hydrogen-bond acceptors (Lipinski definition) is 14. The van der Waals surface area contributed by atoms with Crippen molar-refractivity contribution in [3.63, 3.8) is 0 Å². The predicted octanol–water partition coefficient (Wildman–Crippen LogP) is 4.28. The summed E-state index contributed by atoms with van der Waals surface area (Å²) in [5.41, 5.74) is 1.79. The second kappa shape index (κ2) is 18.9. The molecule has 0 amide bonds. The smallest absolute Gasteiger partial charge is 0.342 e. The van der Waals surface area contributed by atoms with Crippen LogP contribution >= 0.6 is 0 Å². The number of nitrogens with one attached hydrogen (secondary N) is 1. The third kappa shape index (κ3) is 10.2. The van der Waals surface area contributed by atoms with Gasteiger partial charge >= 0.3 is 11.9 Å². The molecule has 3 aromatic carbocycles. The lowest BCUT2D eigenvalue weighted by atomic mass is 9.99. The number of aliphatic hydroxyl groups excluding tert-OH is 3. The fraction of sp³-hybridized carbons (Fsp3) is 0.487. The van der Waals surface area contributed by atoms with Crippen molar-refractivity contribution in [3.8, 4) is 34.5 Å². The summed E-state index contributed by atoms with van der Waals surface area (Å²) in [6.07, 6.45) is -5.55. The van der Waals surface area contributed by atoms with Gasteiger partial charge in [0.15, 0.2) is 23.0 Å². The number of hydrogen-bond donors (Lipinski definition) is 7. The molecule has 1 aliphatic heterocycles. The molecule has 1 aliphatic rings. The van der Waals surface area contributed by atoms with Gasteiger partial charge in [-0.3, -0.25) is 0 Å². The number of aromatic hydroxyl groups is 2. The maximum absolute atomic E-state index is 13.3. The summed E-state index contributed by atoms with van der Waals surface area (Å²) >= 11 is 0. The van der Waals surface area contributed by atoms with Crippen LogP contribution in [0, 0.1) is 5.92 Å². The van der Waals surface area contributed by atoms with Gasteiger partial charge in [0, 0.05) is 30.7 Å². The van der Waals surface area contributed by atoms with Gasteiger partial charge in [0.25, 0.3) is 0 Å². The monoisotopic (exact) mass is 757 g/mol. The van der Waals surface area contributed by atoms with E-state index in [1.807, 2.05) is 38.1 Å². The molecule has 15 nitrogen and oxygen atoms in total. The zero-order chi connectivity index (χ0) is 39.7. The van der Waals surface area contributed by atoms with Crippen LogP contribution < -0.4 is 24.3 Å². The van der Waals surface area contributed by atoms with Crippen LogP contribution in [-0.2, 0) is 22.3 Å². The topological polar surface area (TPSA) is 223 Å². The number of esters is 1. The van der Waals surface area contributed by atoms with E-state index in [1.165, 1.54) is 26.4 Å². The third-order valence-electron chi connectivity index (χ3n) is 9.07. The molecule has 1 fully saturated rings. The lowest BCUT2D eigenvalue weighted by molar-refractivity contribution is -0.277. The molecule has 296 valence electrons. The fourth-order valence-electron chi connectivity index (χ4n) is 5.88. The largest absolute Gasteiger partial charge is 0.504 e. The van der Waals surface area contributed by atoms with Crippen LogP contribution in [0.5, 0.6) is 34.5 Å². The Morgan fingerprint density at radius 1 is 0.852 bits per heavy atom. The molecule has 0 spiro atoms. The number of carboxylic acids is 1. The number of benzene rings is 3. The number of rotatable bonds is 18. The van der Waals surface area contributed by atoms with E-state index >= 15 is 0 Å². The van der Waals surface area contributed by atoms with Gasteiger partial charge < -0.3 is 64.4 Å². The zero-order valence-electron chi connectivity index (χ0n) is 31.3. The van der Waals surface area contributed by atoms with Crippen LogP contribution in [0.2, 0.25) is 0 Å². The van der Waals surface area contributed by atoms with Crippen LogP contribution in [0.4, 0.5) is 5.69 Å². The van der Waals surface area contributed by atoms with Gasteiger partial charge in [-0.2, -0.15) is 0 Å². The highest BCUT2D eigenvalue weighted by molar-refractivity contribution is 5.96. The van der Waals surface area contributed by atoms with Gasteiger partial charge in [0.2, 0.25) is 17.8 Å². The van der Waals surface area contributed by atoms with Crippen molar-refractivity contribution in [3.05, 3.63) is 64.7 Å². The maximum atomic E-state index is 13.3. The Labute approximate surface area is 314 Å². The summed E-state index contributed by atoms with van der Waals surface area (Å²) in [5.74, 6) is -3.81. The average molecular weight is 758 g/mol. The molecule has 0 bridgehead atoms. The number of carbonyl (C=O) groups excluding carboxylic acids is 1. The van der Waals surface area contributed by atoms with E-state index in [2.05, 4.69) is 19.2 Å². The Balaban J connectivity index is 1.50. The Kier molecular flexibility index (Phi) is 14.6. The lowest BCUT2D eigenvalue weighted by Crippen LogP contribution is -2.60. The molecule has 0 aromatic heterocycles. The minimum Gasteiger partial charge on any atom is -0.504 e. The van der Waals surface area contributed by atoms with E-state index in [0.29, 0.717) is 12.3 Å². The number of methoxy groups -OCH3 is 2. The number of anilines is 1. The van der Waals surface area contributed by atoms with Crippen LogP contribution in [-0.4, -0.2) is 107 Å². The second-order valence-electron chi connectivity index (χ2n) is 13.5. The number of aryl methyl sites for hydroxylation is 1. The highest BCUT2D eigenvalue weighted by Gasteiger charge is 2.46. The molecule has 0 radical (unpaired) electrons. The zero-order valence-corrected chi connectivity index (χ0v) is 31.3. The van der Waals surface area contributed by atoms with E-state index in [4.69, 9.17) is 28.4 Å².